The molecule has 3 nitrogen and oxygen atoms in total. The number of aryl methyl sites for hydroxylation is 1. The number of hydrogen-bond donors (Lipinski definition) is 1. The average Bonchev–Trinajstić information content (AvgIpc) is 2.30. The van der Waals surface area contributed by atoms with E-state index in [2.05, 4.69) is 26.1 Å². The zero-order chi connectivity index (χ0) is 14.0. The van der Waals surface area contributed by atoms with Crippen LogP contribution in [0.1, 0.15) is 32.8 Å². The number of carbonyl (C=O) groups is 1. The van der Waals surface area contributed by atoms with Crippen LogP contribution in [0.4, 0.5) is 10.1 Å². The lowest BCUT2D eigenvalue weighted by Gasteiger charge is -2.31. The first-order valence-corrected chi connectivity index (χ1v) is 6.71. The lowest BCUT2D eigenvalue weighted by molar-refractivity contribution is -0.118. The van der Waals surface area contributed by atoms with Gasteiger partial charge < -0.3 is 10.2 Å². The number of carbonyl (C=O) groups excluding carboxylic acids is 1. The van der Waals surface area contributed by atoms with Crippen molar-refractivity contribution in [3.05, 3.63) is 29.6 Å². The molecule has 0 saturated carbocycles. The third-order valence-electron chi connectivity index (χ3n) is 3.23. The predicted molar refractivity (Wildman–Crippen MR) is 74.8 cm³/mol. The van der Waals surface area contributed by atoms with E-state index in [-0.39, 0.29) is 17.3 Å². The Morgan fingerprint density at radius 2 is 2.05 bits per heavy atom. The largest absolute Gasteiger partial charge is 0.311 e. The second-order valence-electron chi connectivity index (χ2n) is 6.00. The Morgan fingerprint density at radius 1 is 1.32 bits per heavy atom. The Hall–Kier alpha value is -1.42. The van der Waals surface area contributed by atoms with Crippen LogP contribution < -0.4 is 10.2 Å². The number of nitrogens with one attached hydrogen (secondary N) is 1. The van der Waals surface area contributed by atoms with Gasteiger partial charge in [0.05, 0.1) is 0 Å². The summed E-state index contributed by atoms with van der Waals surface area (Å²) in [5.74, 6) is -0.115. The highest BCUT2D eigenvalue weighted by Crippen LogP contribution is 2.28. The Balaban J connectivity index is 2.10. The number of nitrogens with zero attached hydrogens (tertiary/aromatic N) is 1. The fourth-order valence-corrected chi connectivity index (χ4v) is 2.32. The zero-order valence-electron chi connectivity index (χ0n) is 11.8. The summed E-state index contributed by atoms with van der Waals surface area (Å²) in [7, 11) is 0. The third kappa shape index (κ3) is 3.53. The van der Waals surface area contributed by atoms with Crippen LogP contribution in [0.2, 0.25) is 0 Å². The van der Waals surface area contributed by atoms with E-state index in [0.717, 1.165) is 17.8 Å². The highest BCUT2D eigenvalue weighted by atomic mass is 19.1. The normalized spacial score (nSPS) is 15.6. The molecule has 0 bridgehead atoms. The number of rotatable bonds is 3. The lowest BCUT2D eigenvalue weighted by Crippen LogP contribution is -2.44. The number of anilines is 1. The van der Waals surface area contributed by atoms with Gasteiger partial charge in [-0.1, -0.05) is 0 Å². The molecule has 2 rings (SSSR count). The molecule has 0 saturated heterocycles. The van der Waals surface area contributed by atoms with Gasteiger partial charge in [-0.15, -0.1) is 0 Å². The molecule has 1 amide bonds. The number of hydrogen-bond acceptors (Lipinski definition) is 2. The van der Waals surface area contributed by atoms with E-state index in [1.807, 2.05) is 0 Å². The molecule has 1 N–H and O–H groups in total. The standard InChI is InChI=1S/C15H21FN2O/c1-15(2,3)17-8-9-18-13-6-5-12(16)10-11(13)4-7-14(18)19/h5-6,10,17H,4,7-9H2,1-3H3. The van der Waals surface area contributed by atoms with Gasteiger partial charge in [0.1, 0.15) is 5.82 Å². The average molecular weight is 264 g/mol. The minimum Gasteiger partial charge on any atom is -0.311 e. The molecule has 104 valence electrons. The summed E-state index contributed by atoms with van der Waals surface area (Å²) in [4.78, 5) is 13.8. The van der Waals surface area contributed by atoms with Crippen LogP contribution in [-0.2, 0) is 11.2 Å². The highest BCUT2D eigenvalue weighted by Gasteiger charge is 2.24. The van der Waals surface area contributed by atoms with E-state index < -0.39 is 0 Å². The van der Waals surface area contributed by atoms with Crippen LogP contribution in [0.5, 0.6) is 0 Å². The summed E-state index contributed by atoms with van der Waals surface area (Å²) in [5, 5.41) is 3.36. The molecule has 1 aliphatic rings. The smallest absolute Gasteiger partial charge is 0.227 e. The molecule has 1 aromatic rings. The van der Waals surface area contributed by atoms with Crippen molar-refractivity contribution in [2.45, 2.75) is 39.2 Å². The number of benzene rings is 1. The molecule has 0 aromatic heterocycles. The van der Waals surface area contributed by atoms with Gasteiger partial charge in [-0.05, 0) is 51.0 Å². The predicted octanol–water partition coefficient (Wildman–Crippen LogP) is 2.49. The molecule has 0 spiro atoms. The van der Waals surface area contributed by atoms with E-state index in [9.17, 15) is 9.18 Å². The van der Waals surface area contributed by atoms with Gasteiger partial charge in [0, 0.05) is 30.7 Å². The molecular weight excluding hydrogens is 243 g/mol. The van der Waals surface area contributed by atoms with E-state index in [0.29, 0.717) is 19.4 Å². The summed E-state index contributed by atoms with van der Waals surface area (Å²) < 4.78 is 13.2. The highest BCUT2D eigenvalue weighted by molar-refractivity contribution is 5.96. The zero-order valence-corrected chi connectivity index (χ0v) is 11.8. The molecule has 1 aliphatic heterocycles. The van der Waals surface area contributed by atoms with Crippen molar-refractivity contribution in [2.24, 2.45) is 0 Å². The van der Waals surface area contributed by atoms with Gasteiger partial charge in [-0.3, -0.25) is 4.79 Å². The Kier molecular flexibility index (Phi) is 3.90. The maximum Gasteiger partial charge on any atom is 0.227 e. The van der Waals surface area contributed by atoms with Crippen molar-refractivity contribution in [2.75, 3.05) is 18.0 Å². The lowest BCUT2D eigenvalue weighted by atomic mass is 10.0. The summed E-state index contributed by atoms with van der Waals surface area (Å²) in [5.41, 5.74) is 1.81. The van der Waals surface area contributed by atoms with Crippen molar-refractivity contribution < 1.29 is 9.18 Å². The topological polar surface area (TPSA) is 32.3 Å². The fourth-order valence-electron chi connectivity index (χ4n) is 2.32. The SMILES string of the molecule is CC(C)(C)NCCN1C(=O)CCc2cc(F)ccc21. The van der Waals surface area contributed by atoms with Gasteiger partial charge in [-0.2, -0.15) is 0 Å². The Morgan fingerprint density at radius 3 is 2.74 bits per heavy atom. The molecule has 0 radical (unpaired) electrons. The van der Waals surface area contributed by atoms with Gasteiger partial charge in [0.25, 0.3) is 0 Å². The first-order valence-electron chi connectivity index (χ1n) is 6.71. The van der Waals surface area contributed by atoms with E-state index in [4.69, 9.17) is 0 Å². The van der Waals surface area contributed by atoms with Crippen molar-refractivity contribution in [3.8, 4) is 0 Å². The van der Waals surface area contributed by atoms with Crippen molar-refractivity contribution in [3.63, 3.8) is 0 Å². The van der Waals surface area contributed by atoms with E-state index >= 15 is 0 Å². The molecule has 1 heterocycles. The van der Waals surface area contributed by atoms with Crippen molar-refractivity contribution >= 4 is 11.6 Å². The van der Waals surface area contributed by atoms with Crippen LogP contribution in [0.25, 0.3) is 0 Å². The summed E-state index contributed by atoms with van der Waals surface area (Å²) in [6.07, 6.45) is 1.10. The van der Waals surface area contributed by atoms with E-state index in [1.165, 1.54) is 12.1 Å². The van der Waals surface area contributed by atoms with Crippen LogP contribution in [0.3, 0.4) is 0 Å². The minimum absolute atomic E-state index is 0.0322. The van der Waals surface area contributed by atoms with Crippen LogP contribution in [0, 0.1) is 5.82 Å². The second kappa shape index (κ2) is 5.29. The number of amides is 1. The van der Waals surface area contributed by atoms with Crippen molar-refractivity contribution in [1.29, 1.82) is 0 Å². The van der Waals surface area contributed by atoms with Gasteiger partial charge in [0.2, 0.25) is 5.91 Å². The molecule has 1 aromatic carbocycles. The van der Waals surface area contributed by atoms with Crippen molar-refractivity contribution in [1.82, 2.24) is 5.32 Å². The minimum atomic E-state index is -0.235. The quantitative estimate of drug-likeness (QED) is 0.909. The number of halogens is 1. The Labute approximate surface area is 113 Å². The summed E-state index contributed by atoms with van der Waals surface area (Å²) in [6, 6.07) is 4.66. The van der Waals surface area contributed by atoms with Gasteiger partial charge in [0.15, 0.2) is 0 Å². The van der Waals surface area contributed by atoms with Gasteiger partial charge in [-0.25, -0.2) is 4.39 Å². The van der Waals surface area contributed by atoms with Crippen LogP contribution >= 0.6 is 0 Å². The summed E-state index contributed by atoms with van der Waals surface area (Å²) >= 11 is 0. The van der Waals surface area contributed by atoms with Gasteiger partial charge >= 0.3 is 0 Å². The monoisotopic (exact) mass is 264 g/mol. The molecule has 0 aliphatic carbocycles. The maximum absolute atomic E-state index is 13.2. The second-order valence-corrected chi connectivity index (χ2v) is 6.00. The molecule has 0 atom stereocenters. The molecule has 19 heavy (non-hydrogen) atoms. The first-order chi connectivity index (χ1) is 8.87. The molecule has 0 unspecified atom stereocenters. The number of fused-ring (bicyclic) bond motifs is 1. The molecule has 0 fully saturated rings. The third-order valence-corrected chi connectivity index (χ3v) is 3.23. The van der Waals surface area contributed by atoms with Crippen LogP contribution in [-0.4, -0.2) is 24.5 Å². The summed E-state index contributed by atoms with van der Waals surface area (Å²) in [6.45, 7) is 7.62. The molecule has 4 heteroatoms. The Bertz CT molecular complexity index is 480. The first kappa shape index (κ1) is 14.0. The maximum atomic E-state index is 13.2. The van der Waals surface area contributed by atoms with Crippen LogP contribution in [0.15, 0.2) is 18.2 Å². The van der Waals surface area contributed by atoms with E-state index in [1.54, 1.807) is 11.0 Å². The fraction of sp³-hybridized carbons (Fsp3) is 0.533. The molecular formula is C15H21FN2O.